The van der Waals surface area contributed by atoms with Crippen LogP contribution in [-0.4, -0.2) is 21.4 Å². The maximum Gasteiger partial charge on any atom is 0.263 e. The number of aromatic nitrogens is 4. The predicted octanol–water partition coefficient (Wildman–Crippen LogP) is 4.85. The average Bonchev–Trinajstić information content (AvgIpc) is 3.34. The number of nitrogens with zero attached hydrogens (tertiary/aromatic N) is 5. The lowest BCUT2D eigenvalue weighted by Gasteiger charge is -2.14. The van der Waals surface area contributed by atoms with E-state index in [0.717, 1.165) is 16.8 Å². The van der Waals surface area contributed by atoms with Crippen molar-refractivity contribution in [2.75, 3.05) is 5.32 Å². The van der Waals surface area contributed by atoms with E-state index in [1.165, 1.54) is 35.1 Å². The molecule has 0 bridgehead atoms. The van der Waals surface area contributed by atoms with Crippen molar-refractivity contribution < 1.29 is 27.3 Å². The number of alkyl halides is 2. The maximum absolute atomic E-state index is 12.8. The summed E-state index contributed by atoms with van der Waals surface area (Å²) in [4.78, 5) is 16.5. The fraction of sp³-hybridized carbons (Fsp3) is 0.190. The van der Waals surface area contributed by atoms with E-state index in [4.69, 9.17) is 9.05 Å². The van der Waals surface area contributed by atoms with Crippen molar-refractivity contribution in [3.05, 3.63) is 76.8 Å². The van der Waals surface area contributed by atoms with Crippen LogP contribution in [0.25, 0.3) is 16.4 Å². The van der Waals surface area contributed by atoms with Crippen molar-refractivity contribution in [3.8, 4) is 11.1 Å². The summed E-state index contributed by atoms with van der Waals surface area (Å²) in [6.45, 7) is 3.99. The standard InChI is InChI=1S/C21H18F2N6O3/c1-12-19(13(2)31-27-12)15-6-7-17(24-9-15)10-29-11-18(32-28-29)26-21(30)25-16-5-3-4-14(8-16)20(22)23/h3-9,11,20H,10H2,1-2H3,(H-,25,26,28,30). The molecule has 0 fully saturated rings. The highest BCUT2D eigenvalue weighted by Gasteiger charge is 2.15. The summed E-state index contributed by atoms with van der Waals surface area (Å²) < 4.78 is 37.2. The average molecular weight is 440 g/mol. The Labute approximate surface area is 181 Å². The molecular formula is C21H18F2N6O3. The Morgan fingerprint density at radius 2 is 2.06 bits per heavy atom. The molecule has 2 amide bonds. The molecule has 0 saturated heterocycles. The van der Waals surface area contributed by atoms with Crippen molar-refractivity contribution in [2.24, 2.45) is 0 Å². The van der Waals surface area contributed by atoms with Crippen molar-refractivity contribution in [1.29, 1.82) is 0 Å². The van der Waals surface area contributed by atoms with E-state index in [9.17, 15) is 13.6 Å². The van der Waals surface area contributed by atoms with E-state index in [-0.39, 0.29) is 17.1 Å². The van der Waals surface area contributed by atoms with Gasteiger partial charge in [-0.2, -0.15) is 0 Å². The maximum atomic E-state index is 12.8. The Bertz CT molecular complexity index is 1220. The number of carbonyl (C=O) groups is 1. The number of anilines is 1. The minimum absolute atomic E-state index is 0.0418. The quantitative estimate of drug-likeness (QED) is 0.429. The third-order valence-corrected chi connectivity index (χ3v) is 4.57. The fourth-order valence-electron chi connectivity index (χ4n) is 3.12. The number of halogens is 2. The van der Waals surface area contributed by atoms with Gasteiger partial charge in [0.15, 0.2) is 11.3 Å². The lowest BCUT2D eigenvalue weighted by atomic mass is 10.1. The summed E-state index contributed by atoms with van der Waals surface area (Å²) in [5.41, 5.74) is 3.29. The molecule has 11 heteroatoms. The zero-order chi connectivity index (χ0) is 22.7. The van der Waals surface area contributed by atoms with E-state index in [1.54, 1.807) is 6.20 Å². The van der Waals surface area contributed by atoms with Gasteiger partial charge >= 0.3 is 0 Å². The second kappa shape index (κ2) is 8.92. The van der Waals surface area contributed by atoms with Gasteiger partial charge in [-0.25, -0.2) is 8.78 Å². The molecule has 3 aromatic heterocycles. The van der Waals surface area contributed by atoms with Crippen LogP contribution < -0.4 is 10.00 Å². The smallest absolute Gasteiger partial charge is 0.263 e. The summed E-state index contributed by atoms with van der Waals surface area (Å²) in [6.07, 6.45) is 0.512. The van der Waals surface area contributed by atoms with Crippen LogP contribution in [0.4, 0.5) is 25.1 Å². The molecule has 4 rings (SSSR count). The third kappa shape index (κ3) is 4.77. The number of pyridine rings is 1. The molecule has 164 valence electrons. The van der Waals surface area contributed by atoms with Crippen LogP contribution in [0.3, 0.4) is 0 Å². The molecule has 4 aromatic rings. The van der Waals surface area contributed by atoms with Crippen LogP contribution in [0.15, 0.2) is 57.8 Å². The molecular weight excluding hydrogens is 422 g/mol. The summed E-state index contributed by atoms with van der Waals surface area (Å²) in [6, 6.07) is 8.31. The molecule has 0 saturated carbocycles. The second-order valence-electron chi connectivity index (χ2n) is 6.94. The summed E-state index contributed by atoms with van der Waals surface area (Å²) in [7, 11) is 0. The number of hydrogen-bond acceptors (Lipinski definition) is 6. The van der Waals surface area contributed by atoms with E-state index in [2.05, 4.69) is 26.0 Å². The number of carbonyl (C=O) groups excluding carboxylic acids is 1. The minimum Gasteiger partial charge on any atom is -0.424 e. The van der Waals surface area contributed by atoms with Gasteiger partial charge in [0.2, 0.25) is 18.6 Å². The largest absolute Gasteiger partial charge is 0.424 e. The fourth-order valence-corrected chi connectivity index (χ4v) is 3.12. The topological polar surface area (TPSA) is 112 Å². The molecule has 0 aliphatic carbocycles. The molecule has 1 N–H and O–H groups in total. The normalized spacial score (nSPS) is 11.0. The molecule has 9 nitrogen and oxygen atoms in total. The third-order valence-electron chi connectivity index (χ3n) is 4.57. The van der Waals surface area contributed by atoms with Gasteiger partial charge in [-0.05, 0) is 30.3 Å². The molecule has 0 aliphatic heterocycles. The molecule has 0 atom stereocenters. The van der Waals surface area contributed by atoms with E-state index >= 15 is 0 Å². The van der Waals surface area contributed by atoms with E-state index in [1.807, 2.05) is 26.0 Å². The monoisotopic (exact) mass is 440 g/mol. The van der Waals surface area contributed by atoms with Gasteiger partial charge in [-0.1, -0.05) is 35.5 Å². The Balaban J connectivity index is 1.37. The van der Waals surface area contributed by atoms with Gasteiger partial charge in [-0.3, -0.25) is 9.78 Å². The molecule has 1 aromatic carbocycles. The van der Waals surface area contributed by atoms with Crippen LogP contribution in [0.2, 0.25) is 0 Å². The lowest BCUT2D eigenvalue weighted by molar-refractivity contribution is -0.755. The first-order valence-electron chi connectivity index (χ1n) is 9.54. The Hall–Kier alpha value is -4.15. The SMILES string of the molecule is Cc1noc(C)c1-c1ccc(C[n+]2cc([N-]C(=O)Nc3cccc(C(F)F)c3)on2)nc1. The second-order valence-corrected chi connectivity index (χ2v) is 6.94. The zero-order valence-corrected chi connectivity index (χ0v) is 17.1. The number of rotatable bonds is 6. The van der Waals surface area contributed by atoms with Crippen molar-refractivity contribution in [3.63, 3.8) is 0 Å². The minimum atomic E-state index is -2.64. The number of urea groups is 1. The first kappa shape index (κ1) is 21.1. The van der Waals surface area contributed by atoms with Crippen LogP contribution in [-0.2, 0) is 6.54 Å². The van der Waals surface area contributed by atoms with Crippen LogP contribution in [0, 0.1) is 13.8 Å². The zero-order valence-electron chi connectivity index (χ0n) is 17.1. The van der Waals surface area contributed by atoms with Crippen LogP contribution in [0.5, 0.6) is 0 Å². The van der Waals surface area contributed by atoms with Crippen molar-refractivity contribution >= 4 is 17.6 Å². The first-order chi connectivity index (χ1) is 15.4. The predicted molar refractivity (Wildman–Crippen MR) is 108 cm³/mol. The van der Waals surface area contributed by atoms with Crippen molar-refractivity contribution in [1.82, 2.24) is 15.4 Å². The summed E-state index contributed by atoms with van der Waals surface area (Å²) >= 11 is 0. The summed E-state index contributed by atoms with van der Waals surface area (Å²) in [5.74, 6) is 0.674. The molecule has 3 heterocycles. The summed E-state index contributed by atoms with van der Waals surface area (Å²) in [5, 5.41) is 13.9. The van der Waals surface area contributed by atoms with Gasteiger partial charge in [0, 0.05) is 22.9 Å². The van der Waals surface area contributed by atoms with Gasteiger partial charge in [0.25, 0.3) is 6.43 Å². The van der Waals surface area contributed by atoms with Crippen LogP contribution in [0.1, 0.15) is 29.1 Å². The Morgan fingerprint density at radius 1 is 1.22 bits per heavy atom. The first-order valence-corrected chi connectivity index (χ1v) is 9.54. The number of nitrogens with one attached hydrogen (secondary N) is 1. The van der Waals surface area contributed by atoms with Crippen LogP contribution >= 0.6 is 0 Å². The highest BCUT2D eigenvalue weighted by atomic mass is 19.3. The van der Waals surface area contributed by atoms with E-state index in [0.29, 0.717) is 18.0 Å². The van der Waals surface area contributed by atoms with Gasteiger partial charge in [-0.15, -0.1) is 0 Å². The molecule has 0 unspecified atom stereocenters. The highest BCUT2D eigenvalue weighted by Crippen LogP contribution is 2.26. The molecule has 0 spiro atoms. The number of aryl methyl sites for hydroxylation is 2. The lowest BCUT2D eigenvalue weighted by Crippen LogP contribution is -2.35. The van der Waals surface area contributed by atoms with Gasteiger partial charge in [0.1, 0.15) is 11.5 Å². The van der Waals surface area contributed by atoms with Crippen molar-refractivity contribution in [2.45, 2.75) is 26.8 Å². The number of hydrogen-bond donors (Lipinski definition) is 1. The van der Waals surface area contributed by atoms with E-state index < -0.39 is 12.5 Å². The van der Waals surface area contributed by atoms with Gasteiger partial charge in [0.05, 0.1) is 5.69 Å². The number of benzene rings is 1. The molecule has 32 heavy (non-hydrogen) atoms. The molecule has 0 aliphatic rings. The number of amides is 2. The Morgan fingerprint density at radius 3 is 2.75 bits per heavy atom. The van der Waals surface area contributed by atoms with Gasteiger partial charge < -0.3 is 19.7 Å². The molecule has 0 radical (unpaired) electrons. The highest BCUT2D eigenvalue weighted by molar-refractivity contribution is 6.03. The Kier molecular flexibility index (Phi) is 5.88.